The lowest BCUT2D eigenvalue weighted by Crippen LogP contribution is -2.09. The second kappa shape index (κ2) is 9.66. The van der Waals surface area contributed by atoms with Crippen LogP contribution in [0.4, 0.5) is 17.2 Å². The van der Waals surface area contributed by atoms with Crippen LogP contribution in [0.15, 0.2) is 84.9 Å². The fraction of sp³-hybridized carbons (Fsp3) is 0.0769. The maximum atomic E-state index is 12.2. The summed E-state index contributed by atoms with van der Waals surface area (Å²) in [4.78, 5) is 16.9. The van der Waals surface area contributed by atoms with Gasteiger partial charge in [0.25, 0.3) is 0 Å². The van der Waals surface area contributed by atoms with Gasteiger partial charge in [0.2, 0.25) is 5.91 Å². The second-order valence-corrected chi connectivity index (χ2v) is 7.26. The minimum Gasteiger partial charge on any atom is -0.497 e. The van der Waals surface area contributed by atoms with E-state index in [1.54, 1.807) is 25.3 Å². The predicted octanol–water partition coefficient (Wildman–Crippen LogP) is 5.09. The summed E-state index contributed by atoms with van der Waals surface area (Å²) in [5.41, 5.74) is 9.92. The summed E-state index contributed by atoms with van der Waals surface area (Å²) in [5.74, 6) is 1.40. The average Bonchev–Trinajstić information content (AvgIpc) is 2.83. The molecular weight excluding hydrogens is 400 g/mol. The molecule has 1 amide bonds. The van der Waals surface area contributed by atoms with Crippen LogP contribution in [-0.4, -0.2) is 18.0 Å². The van der Waals surface area contributed by atoms with E-state index in [-0.39, 0.29) is 5.91 Å². The van der Waals surface area contributed by atoms with Crippen molar-refractivity contribution in [3.63, 3.8) is 0 Å². The largest absolute Gasteiger partial charge is 0.497 e. The monoisotopic (exact) mass is 424 g/mol. The maximum Gasteiger partial charge on any atom is 0.248 e. The molecule has 0 saturated carbocycles. The highest BCUT2D eigenvalue weighted by Gasteiger charge is 2.03. The van der Waals surface area contributed by atoms with E-state index < -0.39 is 0 Å². The van der Waals surface area contributed by atoms with Gasteiger partial charge in [0.05, 0.1) is 24.0 Å². The minimum atomic E-state index is -0.237. The SMILES string of the molecule is COc1ccc(CNc2ccc3cc(/C=C\C(=O)Nc4ccccc4N)ccc3n2)cc1. The number of anilines is 3. The van der Waals surface area contributed by atoms with Gasteiger partial charge in [-0.15, -0.1) is 0 Å². The molecule has 0 unspecified atom stereocenters. The van der Waals surface area contributed by atoms with E-state index in [9.17, 15) is 4.79 Å². The Morgan fingerprint density at radius 3 is 2.62 bits per heavy atom. The second-order valence-electron chi connectivity index (χ2n) is 7.26. The van der Waals surface area contributed by atoms with Crippen molar-refractivity contribution in [1.29, 1.82) is 0 Å². The van der Waals surface area contributed by atoms with Gasteiger partial charge in [0.1, 0.15) is 11.6 Å². The normalized spacial score (nSPS) is 10.9. The molecule has 0 radical (unpaired) electrons. The van der Waals surface area contributed by atoms with Crippen molar-refractivity contribution in [3.05, 3.63) is 96.1 Å². The summed E-state index contributed by atoms with van der Waals surface area (Å²) < 4.78 is 5.19. The molecule has 3 aromatic carbocycles. The Kier molecular flexibility index (Phi) is 6.32. The fourth-order valence-corrected chi connectivity index (χ4v) is 3.24. The number of nitrogen functional groups attached to an aromatic ring is 1. The van der Waals surface area contributed by atoms with Crippen LogP contribution in [0.2, 0.25) is 0 Å². The number of para-hydroxylation sites is 2. The molecule has 4 aromatic rings. The summed E-state index contributed by atoms with van der Waals surface area (Å²) in [7, 11) is 1.66. The average molecular weight is 425 g/mol. The molecule has 0 aliphatic carbocycles. The number of carbonyl (C=O) groups is 1. The lowest BCUT2D eigenvalue weighted by atomic mass is 10.1. The molecule has 4 N–H and O–H groups in total. The predicted molar refractivity (Wildman–Crippen MR) is 131 cm³/mol. The molecule has 1 aromatic heterocycles. The molecule has 0 atom stereocenters. The van der Waals surface area contributed by atoms with Crippen molar-refractivity contribution < 1.29 is 9.53 Å². The molecule has 160 valence electrons. The number of methoxy groups -OCH3 is 1. The molecule has 6 heteroatoms. The quantitative estimate of drug-likeness (QED) is 0.284. The zero-order valence-corrected chi connectivity index (χ0v) is 17.7. The molecule has 6 nitrogen and oxygen atoms in total. The lowest BCUT2D eigenvalue weighted by molar-refractivity contribution is -0.111. The number of rotatable bonds is 7. The van der Waals surface area contributed by atoms with E-state index in [1.807, 2.05) is 66.7 Å². The van der Waals surface area contributed by atoms with E-state index >= 15 is 0 Å². The van der Waals surface area contributed by atoms with Gasteiger partial charge >= 0.3 is 0 Å². The third-order valence-corrected chi connectivity index (χ3v) is 4.99. The van der Waals surface area contributed by atoms with Gasteiger partial charge in [-0.05, 0) is 65.7 Å². The molecule has 32 heavy (non-hydrogen) atoms. The molecule has 4 rings (SSSR count). The number of amides is 1. The number of nitrogens with one attached hydrogen (secondary N) is 2. The first-order valence-corrected chi connectivity index (χ1v) is 10.2. The Bertz CT molecular complexity index is 1270. The van der Waals surface area contributed by atoms with Crippen LogP contribution in [0.1, 0.15) is 11.1 Å². The highest BCUT2D eigenvalue weighted by Crippen LogP contribution is 2.20. The first-order valence-electron chi connectivity index (χ1n) is 10.2. The summed E-state index contributed by atoms with van der Waals surface area (Å²) in [6.45, 7) is 0.671. The lowest BCUT2D eigenvalue weighted by Gasteiger charge is -2.08. The summed E-state index contributed by atoms with van der Waals surface area (Å²) in [5, 5.41) is 7.12. The number of fused-ring (bicyclic) bond motifs is 1. The van der Waals surface area contributed by atoms with Gasteiger partial charge in [-0.2, -0.15) is 0 Å². The number of pyridine rings is 1. The van der Waals surface area contributed by atoms with E-state index in [1.165, 1.54) is 6.08 Å². The van der Waals surface area contributed by atoms with Gasteiger partial charge in [0.15, 0.2) is 0 Å². The van der Waals surface area contributed by atoms with Crippen LogP contribution in [0.25, 0.3) is 17.0 Å². The Morgan fingerprint density at radius 1 is 1.03 bits per heavy atom. The summed E-state index contributed by atoms with van der Waals surface area (Å²) in [6, 6.07) is 24.9. The van der Waals surface area contributed by atoms with Gasteiger partial charge < -0.3 is 21.1 Å². The van der Waals surface area contributed by atoms with Crippen molar-refractivity contribution >= 4 is 40.1 Å². The number of hydrogen-bond acceptors (Lipinski definition) is 5. The zero-order valence-electron chi connectivity index (χ0n) is 17.7. The van der Waals surface area contributed by atoms with Crippen LogP contribution < -0.4 is 21.1 Å². The van der Waals surface area contributed by atoms with Crippen LogP contribution in [0.5, 0.6) is 5.75 Å². The van der Waals surface area contributed by atoms with Gasteiger partial charge in [-0.25, -0.2) is 4.98 Å². The third-order valence-electron chi connectivity index (χ3n) is 4.99. The van der Waals surface area contributed by atoms with E-state index in [4.69, 9.17) is 10.5 Å². The van der Waals surface area contributed by atoms with Gasteiger partial charge in [0, 0.05) is 18.0 Å². The molecule has 0 spiro atoms. The number of hydrogen-bond donors (Lipinski definition) is 3. The molecular formula is C26H24N4O2. The molecule has 0 saturated heterocycles. The fourth-order valence-electron chi connectivity index (χ4n) is 3.24. The highest BCUT2D eigenvalue weighted by molar-refractivity contribution is 6.03. The Morgan fingerprint density at radius 2 is 1.84 bits per heavy atom. The maximum absolute atomic E-state index is 12.2. The van der Waals surface area contributed by atoms with Gasteiger partial charge in [-0.3, -0.25) is 4.79 Å². The number of carbonyl (C=O) groups excluding carboxylic acids is 1. The van der Waals surface area contributed by atoms with Gasteiger partial charge in [-0.1, -0.05) is 30.3 Å². The van der Waals surface area contributed by atoms with Crippen LogP contribution in [0, 0.1) is 0 Å². The van der Waals surface area contributed by atoms with E-state index in [0.29, 0.717) is 17.9 Å². The number of nitrogens with two attached hydrogens (primary N) is 1. The highest BCUT2D eigenvalue weighted by atomic mass is 16.5. The number of ether oxygens (including phenoxy) is 1. The van der Waals surface area contributed by atoms with E-state index in [0.717, 1.165) is 33.6 Å². The first kappa shape index (κ1) is 20.9. The molecule has 0 aliphatic rings. The number of nitrogens with zero attached hydrogens (tertiary/aromatic N) is 1. The standard InChI is InChI=1S/C26H24N4O2/c1-32-21-11-6-19(7-12-21)17-28-25-14-10-20-16-18(8-13-23(20)29-25)9-15-26(31)30-24-5-3-2-4-22(24)27/h2-16H,17,27H2,1H3,(H,28,29)(H,30,31)/b15-9-. The third kappa shape index (κ3) is 5.23. The molecule has 0 aliphatic heterocycles. The number of benzene rings is 3. The van der Waals surface area contributed by atoms with Crippen molar-refractivity contribution in [2.24, 2.45) is 0 Å². The molecule has 0 bridgehead atoms. The smallest absolute Gasteiger partial charge is 0.248 e. The van der Waals surface area contributed by atoms with Crippen molar-refractivity contribution in [2.45, 2.75) is 6.54 Å². The van der Waals surface area contributed by atoms with Crippen LogP contribution in [-0.2, 0) is 11.3 Å². The Labute approximate surface area is 186 Å². The van der Waals surface area contributed by atoms with Crippen molar-refractivity contribution in [1.82, 2.24) is 4.98 Å². The van der Waals surface area contributed by atoms with E-state index in [2.05, 4.69) is 15.6 Å². The first-order chi connectivity index (χ1) is 15.6. The number of aromatic nitrogens is 1. The summed E-state index contributed by atoms with van der Waals surface area (Å²) in [6.07, 6.45) is 3.26. The van der Waals surface area contributed by atoms with Crippen LogP contribution in [0.3, 0.4) is 0 Å². The Balaban J connectivity index is 1.40. The minimum absolute atomic E-state index is 0.237. The summed E-state index contributed by atoms with van der Waals surface area (Å²) >= 11 is 0. The zero-order chi connectivity index (χ0) is 22.3. The molecule has 1 heterocycles. The topological polar surface area (TPSA) is 89.3 Å². The van der Waals surface area contributed by atoms with Crippen molar-refractivity contribution in [3.8, 4) is 5.75 Å². The van der Waals surface area contributed by atoms with Crippen molar-refractivity contribution in [2.75, 3.05) is 23.5 Å². The Hall–Kier alpha value is -4.32. The molecule has 0 fully saturated rings. The van der Waals surface area contributed by atoms with Crippen LogP contribution >= 0.6 is 0 Å².